The van der Waals surface area contributed by atoms with Crippen molar-refractivity contribution in [2.24, 2.45) is 5.73 Å². The van der Waals surface area contributed by atoms with Gasteiger partial charge in [-0.2, -0.15) is 0 Å². The Kier molecular flexibility index (Phi) is 6.07. The van der Waals surface area contributed by atoms with Crippen LogP contribution >= 0.6 is 15.9 Å². The van der Waals surface area contributed by atoms with Crippen molar-refractivity contribution >= 4 is 21.8 Å². The summed E-state index contributed by atoms with van der Waals surface area (Å²) in [5.74, 6) is -0.635. The highest BCUT2D eigenvalue weighted by atomic mass is 79.9. The van der Waals surface area contributed by atoms with Gasteiger partial charge in [0.15, 0.2) is 11.6 Å². The van der Waals surface area contributed by atoms with E-state index in [1.165, 1.54) is 12.1 Å². The lowest BCUT2D eigenvalue weighted by Gasteiger charge is -2.10. The monoisotopic (exact) mass is 318 g/mol. The molecule has 0 unspecified atom stereocenters. The summed E-state index contributed by atoms with van der Waals surface area (Å²) in [7, 11) is 0. The molecule has 3 N–H and O–H groups in total. The molecule has 0 fully saturated rings. The van der Waals surface area contributed by atoms with Gasteiger partial charge in [-0.25, -0.2) is 4.39 Å². The summed E-state index contributed by atoms with van der Waals surface area (Å²) in [4.78, 5) is 0. The lowest BCUT2D eigenvalue weighted by molar-refractivity contribution is 0.0991. The van der Waals surface area contributed by atoms with Gasteiger partial charge in [-0.05, 0) is 34.5 Å². The van der Waals surface area contributed by atoms with Gasteiger partial charge in [0, 0.05) is 12.2 Å². The number of nitrogens with two attached hydrogens (primary N) is 1. The van der Waals surface area contributed by atoms with Crippen molar-refractivity contribution in [3.8, 4) is 5.75 Å². The predicted molar refractivity (Wildman–Crippen MR) is 71.7 cm³/mol. The van der Waals surface area contributed by atoms with Gasteiger partial charge in [-0.15, -0.1) is 0 Å². The molecule has 4 nitrogen and oxygen atoms in total. The van der Waals surface area contributed by atoms with Gasteiger partial charge >= 0.3 is 0 Å². The molecular weight excluding hydrogens is 303 g/mol. The van der Waals surface area contributed by atoms with E-state index in [-0.39, 0.29) is 22.7 Å². The Morgan fingerprint density at radius 2 is 2.11 bits per heavy atom. The fourth-order valence-corrected chi connectivity index (χ4v) is 1.85. The van der Waals surface area contributed by atoms with Gasteiger partial charge in [-0.3, -0.25) is 5.41 Å². The van der Waals surface area contributed by atoms with E-state index in [4.69, 9.17) is 20.6 Å². The van der Waals surface area contributed by atoms with Crippen molar-refractivity contribution < 1.29 is 13.9 Å². The summed E-state index contributed by atoms with van der Waals surface area (Å²) < 4.78 is 24.5. The van der Waals surface area contributed by atoms with Crippen LogP contribution in [0.5, 0.6) is 5.75 Å². The van der Waals surface area contributed by atoms with Crippen molar-refractivity contribution in [2.75, 3.05) is 19.8 Å². The van der Waals surface area contributed by atoms with Crippen molar-refractivity contribution in [2.45, 2.75) is 13.3 Å². The molecule has 0 amide bonds. The second kappa shape index (κ2) is 7.33. The summed E-state index contributed by atoms with van der Waals surface area (Å²) >= 11 is 3.06. The molecule has 0 aliphatic heterocycles. The molecule has 0 heterocycles. The van der Waals surface area contributed by atoms with Crippen molar-refractivity contribution in [3.05, 3.63) is 28.0 Å². The second-order valence-corrected chi connectivity index (χ2v) is 4.41. The molecule has 0 saturated heterocycles. The number of nitrogen functional groups attached to an aromatic ring is 1. The molecule has 18 heavy (non-hydrogen) atoms. The molecule has 6 heteroatoms. The third-order valence-electron chi connectivity index (χ3n) is 2.17. The standard InChI is InChI=1S/C12H16BrFN2O2/c1-2-5-17-6-7-18-9-4-3-8(12(15)16)10(13)11(9)14/h3-4H,2,5-7H2,1H3,(H3,15,16). The van der Waals surface area contributed by atoms with E-state index in [1.54, 1.807) is 0 Å². The molecule has 100 valence electrons. The first-order valence-electron chi connectivity index (χ1n) is 5.60. The number of hydrogen-bond acceptors (Lipinski definition) is 3. The van der Waals surface area contributed by atoms with E-state index < -0.39 is 5.82 Å². The average molecular weight is 319 g/mol. The lowest BCUT2D eigenvalue weighted by atomic mass is 10.2. The third kappa shape index (κ3) is 3.96. The van der Waals surface area contributed by atoms with Crippen LogP contribution in [0.15, 0.2) is 16.6 Å². The summed E-state index contributed by atoms with van der Waals surface area (Å²) in [6.07, 6.45) is 0.938. The fourth-order valence-electron chi connectivity index (χ4n) is 1.31. The number of rotatable bonds is 7. The number of halogens is 2. The van der Waals surface area contributed by atoms with Gasteiger partial charge in [0.1, 0.15) is 12.4 Å². The van der Waals surface area contributed by atoms with E-state index in [9.17, 15) is 4.39 Å². The first kappa shape index (κ1) is 14.9. The average Bonchev–Trinajstić information content (AvgIpc) is 2.33. The van der Waals surface area contributed by atoms with E-state index in [1.807, 2.05) is 6.92 Å². The van der Waals surface area contributed by atoms with Crippen LogP contribution in [-0.2, 0) is 4.74 Å². The van der Waals surface area contributed by atoms with Crippen LogP contribution in [0.3, 0.4) is 0 Å². The second-order valence-electron chi connectivity index (χ2n) is 3.61. The summed E-state index contributed by atoms with van der Waals surface area (Å²) in [6, 6.07) is 2.99. The van der Waals surface area contributed by atoms with Crippen LogP contribution in [0.25, 0.3) is 0 Å². The third-order valence-corrected chi connectivity index (χ3v) is 2.95. The molecule has 0 aliphatic rings. The highest BCUT2D eigenvalue weighted by molar-refractivity contribution is 9.10. The maximum atomic E-state index is 13.8. The summed E-state index contributed by atoms with van der Waals surface area (Å²) in [6.45, 7) is 3.37. The zero-order valence-electron chi connectivity index (χ0n) is 10.1. The Bertz CT molecular complexity index is 427. The van der Waals surface area contributed by atoms with Crippen molar-refractivity contribution in [1.82, 2.24) is 0 Å². The van der Waals surface area contributed by atoms with Gasteiger partial charge in [0.25, 0.3) is 0 Å². The van der Waals surface area contributed by atoms with Crippen molar-refractivity contribution in [3.63, 3.8) is 0 Å². The summed E-state index contributed by atoms with van der Waals surface area (Å²) in [5, 5.41) is 7.28. The number of hydrogen-bond donors (Lipinski definition) is 2. The minimum Gasteiger partial charge on any atom is -0.488 e. The zero-order valence-corrected chi connectivity index (χ0v) is 11.7. The Balaban J connectivity index is 2.62. The lowest BCUT2D eigenvalue weighted by Crippen LogP contribution is -2.13. The van der Waals surface area contributed by atoms with E-state index in [0.29, 0.717) is 18.8 Å². The van der Waals surface area contributed by atoms with Gasteiger partial charge in [0.2, 0.25) is 0 Å². The molecule has 0 spiro atoms. The topological polar surface area (TPSA) is 68.3 Å². The predicted octanol–water partition coefficient (Wildman–Crippen LogP) is 2.68. The number of ether oxygens (including phenoxy) is 2. The minimum atomic E-state index is -0.557. The molecule has 0 radical (unpaired) electrons. The highest BCUT2D eigenvalue weighted by Crippen LogP contribution is 2.28. The Morgan fingerprint density at radius 3 is 2.72 bits per heavy atom. The molecule has 0 aromatic heterocycles. The zero-order chi connectivity index (χ0) is 13.5. The quantitative estimate of drug-likeness (QED) is 0.461. The van der Waals surface area contributed by atoms with E-state index in [2.05, 4.69) is 15.9 Å². The first-order chi connectivity index (χ1) is 8.57. The first-order valence-corrected chi connectivity index (χ1v) is 6.40. The normalized spacial score (nSPS) is 10.4. The van der Waals surface area contributed by atoms with Gasteiger partial charge in [-0.1, -0.05) is 6.92 Å². The molecular formula is C12H16BrFN2O2. The smallest absolute Gasteiger partial charge is 0.179 e. The van der Waals surface area contributed by atoms with Crippen LogP contribution in [-0.4, -0.2) is 25.7 Å². The fraction of sp³-hybridized carbons (Fsp3) is 0.417. The number of amidine groups is 1. The number of benzene rings is 1. The Labute approximate surface area is 114 Å². The van der Waals surface area contributed by atoms with Crippen LogP contribution in [0, 0.1) is 11.2 Å². The molecule has 0 aliphatic carbocycles. The maximum absolute atomic E-state index is 13.8. The maximum Gasteiger partial charge on any atom is 0.179 e. The molecule has 0 saturated carbocycles. The van der Waals surface area contributed by atoms with E-state index in [0.717, 1.165) is 6.42 Å². The Morgan fingerprint density at radius 1 is 1.39 bits per heavy atom. The minimum absolute atomic E-state index is 0.118. The van der Waals surface area contributed by atoms with Crippen molar-refractivity contribution in [1.29, 1.82) is 5.41 Å². The van der Waals surface area contributed by atoms with Crippen LogP contribution < -0.4 is 10.5 Å². The number of nitrogens with one attached hydrogen (secondary N) is 1. The molecule has 0 bridgehead atoms. The van der Waals surface area contributed by atoms with Crippen LogP contribution in [0.2, 0.25) is 0 Å². The highest BCUT2D eigenvalue weighted by Gasteiger charge is 2.13. The van der Waals surface area contributed by atoms with Crippen LogP contribution in [0.1, 0.15) is 18.9 Å². The van der Waals surface area contributed by atoms with Crippen LogP contribution in [0.4, 0.5) is 4.39 Å². The SMILES string of the molecule is CCCOCCOc1ccc(C(=N)N)c(Br)c1F. The Hall–Kier alpha value is -1.14. The van der Waals surface area contributed by atoms with E-state index >= 15 is 0 Å². The summed E-state index contributed by atoms with van der Waals surface area (Å²) in [5.41, 5.74) is 5.62. The molecule has 1 aromatic carbocycles. The molecule has 1 aromatic rings. The van der Waals surface area contributed by atoms with Gasteiger partial charge in [0.05, 0.1) is 11.1 Å². The molecule has 0 atom stereocenters. The molecule has 1 rings (SSSR count). The largest absolute Gasteiger partial charge is 0.488 e. The van der Waals surface area contributed by atoms with Gasteiger partial charge < -0.3 is 15.2 Å².